The lowest BCUT2D eigenvalue weighted by molar-refractivity contribution is -0.393. The smallest absolute Gasteiger partial charge is 0.299 e. The topological polar surface area (TPSA) is 119 Å². The summed E-state index contributed by atoms with van der Waals surface area (Å²) in [6, 6.07) is 3.53. The van der Waals surface area contributed by atoms with Gasteiger partial charge < -0.3 is 10.4 Å². The van der Waals surface area contributed by atoms with E-state index in [1.165, 1.54) is 12.1 Å². The van der Waals surface area contributed by atoms with E-state index in [-0.39, 0.29) is 29.6 Å². The van der Waals surface area contributed by atoms with E-state index < -0.39 is 9.85 Å². The first-order valence-electron chi connectivity index (χ1n) is 6.77. The zero-order valence-corrected chi connectivity index (χ0v) is 11.8. The van der Waals surface area contributed by atoms with Crippen LogP contribution in [0.25, 0.3) is 0 Å². The normalized spacial score (nSPS) is 11.9. The molecule has 8 nitrogen and oxygen atoms in total. The minimum Gasteiger partial charge on any atom is -0.396 e. The summed E-state index contributed by atoms with van der Waals surface area (Å²) in [5.74, 6) is 0.204. The molecule has 0 amide bonds. The third-order valence-electron chi connectivity index (χ3n) is 3.20. The number of nitro groups is 2. The van der Waals surface area contributed by atoms with Gasteiger partial charge in [0.05, 0.1) is 15.9 Å². The highest BCUT2D eigenvalue weighted by Gasteiger charge is 2.20. The zero-order valence-electron chi connectivity index (χ0n) is 11.8. The molecule has 1 rings (SSSR count). The van der Waals surface area contributed by atoms with Crippen molar-refractivity contribution in [2.45, 2.75) is 26.2 Å². The summed E-state index contributed by atoms with van der Waals surface area (Å²) in [5.41, 5.74) is -0.374. The van der Waals surface area contributed by atoms with Crippen molar-refractivity contribution in [3.8, 4) is 0 Å². The quantitative estimate of drug-likeness (QED) is 0.534. The van der Waals surface area contributed by atoms with Crippen LogP contribution in [-0.4, -0.2) is 28.1 Å². The van der Waals surface area contributed by atoms with Gasteiger partial charge in [0.1, 0.15) is 5.69 Å². The molecular weight excluding hydrogens is 278 g/mol. The largest absolute Gasteiger partial charge is 0.396 e. The second-order valence-electron chi connectivity index (χ2n) is 4.76. The summed E-state index contributed by atoms with van der Waals surface area (Å²) in [7, 11) is 0. The van der Waals surface area contributed by atoms with E-state index >= 15 is 0 Å². The van der Waals surface area contributed by atoms with Crippen LogP contribution in [0.3, 0.4) is 0 Å². The molecule has 1 aromatic rings. The molecule has 0 bridgehead atoms. The van der Waals surface area contributed by atoms with Crippen LogP contribution in [0.1, 0.15) is 26.2 Å². The van der Waals surface area contributed by atoms with Gasteiger partial charge in [-0.1, -0.05) is 13.3 Å². The first-order valence-corrected chi connectivity index (χ1v) is 6.77. The minimum atomic E-state index is -0.664. The highest BCUT2D eigenvalue weighted by molar-refractivity contribution is 5.65. The van der Waals surface area contributed by atoms with Crippen molar-refractivity contribution >= 4 is 17.1 Å². The monoisotopic (exact) mass is 297 g/mol. The molecule has 0 radical (unpaired) electrons. The van der Waals surface area contributed by atoms with E-state index in [1.54, 1.807) is 0 Å². The third kappa shape index (κ3) is 4.99. The lowest BCUT2D eigenvalue weighted by Gasteiger charge is -2.16. The predicted molar refractivity (Wildman–Crippen MR) is 78.3 cm³/mol. The molecule has 8 heteroatoms. The molecule has 21 heavy (non-hydrogen) atoms. The van der Waals surface area contributed by atoms with Gasteiger partial charge in [-0.25, -0.2) is 0 Å². The van der Waals surface area contributed by atoms with Gasteiger partial charge in [0.2, 0.25) is 0 Å². The van der Waals surface area contributed by atoms with Gasteiger partial charge in [0.15, 0.2) is 0 Å². The lowest BCUT2D eigenvalue weighted by Crippen LogP contribution is -2.16. The molecule has 0 fully saturated rings. The van der Waals surface area contributed by atoms with Crippen LogP contribution in [0.4, 0.5) is 17.1 Å². The Labute approximate surface area is 122 Å². The minimum absolute atomic E-state index is 0.0642. The number of hydrogen-bond donors (Lipinski definition) is 2. The third-order valence-corrected chi connectivity index (χ3v) is 3.20. The number of nitro benzene ring substituents is 2. The Balaban J connectivity index is 2.86. The van der Waals surface area contributed by atoms with Crippen molar-refractivity contribution in [2.24, 2.45) is 5.92 Å². The van der Waals surface area contributed by atoms with Crippen molar-refractivity contribution in [1.82, 2.24) is 0 Å². The van der Waals surface area contributed by atoms with E-state index in [4.69, 9.17) is 5.11 Å². The van der Waals surface area contributed by atoms with E-state index in [9.17, 15) is 20.2 Å². The first kappa shape index (κ1) is 16.8. The summed E-state index contributed by atoms with van der Waals surface area (Å²) in [5, 5.41) is 33.6. The number of aliphatic hydroxyl groups excluding tert-OH is 1. The van der Waals surface area contributed by atoms with Crippen LogP contribution in [0.5, 0.6) is 0 Å². The number of non-ortho nitro benzene ring substituents is 1. The van der Waals surface area contributed by atoms with Crippen LogP contribution >= 0.6 is 0 Å². The van der Waals surface area contributed by atoms with Gasteiger partial charge in [0.25, 0.3) is 11.4 Å². The predicted octanol–water partition coefficient (Wildman–Crippen LogP) is 2.71. The van der Waals surface area contributed by atoms with Crippen molar-refractivity contribution in [3.63, 3.8) is 0 Å². The molecule has 0 spiro atoms. The maximum atomic E-state index is 11.0. The van der Waals surface area contributed by atoms with Crippen molar-refractivity contribution in [2.75, 3.05) is 18.5 Å². The molecule has 0 aliphatic rings. The maximum Gasteiger partial charge on any atom is 0.299 e. The molecule has 0 saturated carbocycles. The van der Waals surface area contributed by atoms with Gasteiger partial charge in [-0.15, -0.1) is 0 Å². The van der Waals surface area contributed by atoms with E-state index in [0.29, 0.717) is 13.0 Å². The van der Waals surface area contributed by atoms with Crippen LogP contribution in [0.2, 0.25) is 0 Å². The highest BCUT2D eigenvalue weighted by Crippen LogP contribution is 2.29. The van der Waals surface area contributed by atoms with E-state index in [1.807, 2.05) is 6.92 Å². The molecule has 0 aliphatic heterocycles. The molecule has 0 heterocycles. The Bertz CT molecular complexity index is 501. The number of nitrogens with one attached hydrogen (secondary N) is 1. The fourth-order valence-electron chi connectivity index (χ4n) is 2.13. The fraction of sp³-hybridized carbons (Fsp3) is 0.538. The SMILES string of the molecule is CCCC(CCO)CNc1ccc([N+](=O)[O-])cc1[N+](=O)[O-]. The Morgan fingerprint density at radius 3 is 2.48 bits per heavy atom. The highest BCUT2D eigenvalue weighted by atomic mass is 16.6. The molecule has 1 aromatic carbocycles. The van der Waals surface area contributed by atoms with Crippen LogP contribution in [-0.2, 0) is 0 Å². The molecule has 116 valence electrons. The number of rotatable bonds is 9. The lowest BCUT2D eigenvalue weighted by atomic mass is 10.00. The summed E-state index contributed by atoms with van der Waals surface area (Å²) in [4.78, 5) is 20.3. The van der Waals surface area contributed by atoms with Gasteiger partial charge in [0, 0.05) is 19.2 Å². The van der Waals surface area contributed by atoms with Gasteiger partial charge in [-0.2, -0.15) is 0 Å². The van der Waals surface area contributed by atoms with Gasteiger partial charge in [-0.05, 0) is 24.8 Å². The Hall–Kier alpha value is -2.22. The molecule has 1 atom stereocenters. The van der Waals surface area contributed by atoms with E-state index in [0.717, 1.165) is 18.9 Å². The van der Waals surface area contributed by atoms with Crippen molar-refractivity contribution < 1.29 is 15.0 Å². The summed E-state index contributed by atoms with van der Waals surface area (Å²) in [6.45, 7) is 2.57. The number of nitrogens with zero attached hydrogens (tertiary/aromatic N) is 2. The second-order valence-corrected chi connectivity index (χ2v) is 4.76. The average Bonchev–Trinajstić information content (AvgIpc) is 2.44. The molecule has 0 aliphatic carbocycles. The molecular formula is C13H19N3O5. The maximum absolute atomic E-state index is 11.0. The number of anilines is 1. The average molecular weight is 297 g/mol. The molecule has 2 N–H and O–H groups in total. The van der Waals surface area contributed by atoms with Crippen LogP contribution < -0.4 is 5.32 Å². The summed E-state index contributed by atoms with van der Waals surface area (Å²) in [6.07, 6.45) is 2.46. The van der Waals surface area contributed by atoms with Crippen molar-refractivity contribution in [3.05, 3.63) is 38.4 Å². The molecule has 0 aromatic heterocycles. The zero-order chi connectivity index (χ0) is 15.8. The summed E-state index contributed by atoms with van der Waals surface area (Å²) < 4.78 is 0. The Morgan fingerprint density at radius 1 is 1.24 bits per heavy atom. The molecule has 0 saturated heterocycles. The number of hydrogen-bond acceptors (Lipinski definition) is 6. The Kier molecular flexibility index (Phi) is 6.54. The standard InChI is InChI=1S/C13H19N3O5/c1-2-3-10(6-7-17)9-14-12-5-4-11(15(18)19)8-13(12)16(20)21/h4-5,8,10,14,17H,2-3,6-7,9H2,1H3. The van der Waals surface area contributed by atoms with Gasteiger partial charge >= 0.3 is 0 Å². The molecule has 1 unspecified atom stereocenters. The van der Waals surface area contributed by atoms with Crippen LogP contribution in [0.15, 0.2) is 18.2 Å². The van der Waals surface area contributed by atoms with Crippen LogP contribution in [0, 0.1) is 26.1 Å². The second kappa shape index (κ2) is 8.15. The number of aliphatic hydroxyl groups is 1. The van der Waals surface area contributed by atoms with E-state index in [2.05, 4.69) is 5.32 Å². The summed E-state index contributed by atoms with van der Waals surface area (Å²) >= 11 is 0. The van der Waals surface area contributed by atoms with Crippen molar-refractivity contribution in [1.29, 1.82) is 0 Å². The number of benzene rings is 1. The fourth-order valence-corrected chi connectivity index (χ4v) is 2.13. The van der Waals surface area contributed by atoms with Gasteiger partial charge in [-0.3, -0.25) is 20.2 Å². The Morgan fingerprint density at radius 2 is 1.95 bits per heavy atom. The first-order chi connectivity index (χ1) is 9.99.